The van der Waals surface area contributed by atoms with Crippen LogP contribution in [0.25, 0.3) is 11.3 Å². The summed E-state index contributed by atoms with van der Waals surface area (Å²) < 4.78 is 33.2. The van der Waals surface area contributed by atoms with Crippen molar-refractivity contribution in [1.29, 1.82) is 5.26 Å². The molecule has 1 unspecified atom stereocenters. The molecule has 35 heavy (non-hydrogen) atoms. The summed E-state index contributed by atoms with van der Waals surface area (Å²) in [5, 5.41) is 19.4. The molecular formula is C23H26F3N5O4. The number of alkyl halides is 3. The van der Waals surface area contributed by atoms with E-state index in [0.717, 1.165) is 30.4 Å². The predicted molar refractivity (Wildman–Crippen MR) is 120 cm³/mol. The van der Waals surface area contributed by atoms with Crippen molar-refractivity contribution < 1.29 is 27.9 Å². The zero-order chi connectivity index (χ0) is 26.2. The summed E-state index contributed by atoms with van der Waals surface area (Å²) in [5.74, 6) is -2.99. The minimum absolute atomic E-state index is 0.163. The smallest absolute Gasteiger partial charge is 0.475 e. The normalized spacial score (nSPS) is 15.7. The lowest BCUT2D eigenvalue weighted by molar-refractivity contribution is -0.192. The zero-order valence-electron chi connectivity index (χ0n) is 19.0. The first-order chi connectivity index (χ1) is 16.4. The number of aryl methyl sites for hydroxylation is 1. The van der Waals surface area contributed by atoms with Crippen LogP contribution < -0.4 is 16.6 Å². The predicted octanol–water partition coefficient (Wildman–Crippen LogP) is 2.29. The van der Waals surface area contributed by atoms with Crippen LogP contribution in [0.1, 0.15) is 37.7 Å². The SMILES string of the molecule is Cn1cc(-c2ccc(CC(C#N)NC(=O)C3(N)CCCCC3)cc2)ncc1=O.O=C(O)C(F)(F)F. The number of halogens is 3. The molecule has 1 fully saturated rings. The maximum absolute atomic E-state index is 12.6. The van der Waals surface area contributed by atoms with Crippen molar-refractivity contribution >= 4 is 11.9 Å². The summed E-state index contributed by atoms with van der Waals surface area (Å²) in [7, 11) is 1.68. The van der Waals surface area contributed by atoms with E-state index in [4.69, 9.17) is 15.6 Å². The van der Waals surface area contributed by atoms with Gasteiger partial charge in [-0.3, -0.25) is 9.59 Å². The summed E-state index contributed by atoms with van der Waals surface area (Å²) in [6, 6.07) is 9.12. The van der Waals surface area contributed by atoms with E-state index in [0.29, 0.717) is 25.0 Å². The third kappa shape index (κ3) is 7.92. The van der Waals surface area contributed by atoms with Crippen molar-refractivity contribution in [1.82, 2.24) is 14.9 Å². The summed E-state index contributed by atoms with van der Waals surface area (Å²) in [4.78, 5) is 37.1. The monoisotopic (exact) mass is 493 g/mol. The molecule has 188 valence electrons. The Labute approximate surface area is 199 Å². The minimum atomic E-state index is -5.08. The van der Waals surface area contributed by atoms with Gasteiger partial charge in [-0.15, -0.1) is 0 Å². The molecule has 4 N–H and O–H groups in total. The number of aromatic nitrogens is 2. The molecule has 2 aromatic rings. The molecular weight excluding hydrogens is 467 g/mol. The maximum Gasteiger partial charge on any atom is 0.490 e. The number of carboxylic acids is 1. The number of hydrogen-bond donors (Lipinski definition) is 3. The second-order valence-electron chi connectivity index (χ2n) is 8.30. The molecule has 1 amide bonds. The van der Waals surface area contributed by atoms with Gasteiger partial charge in [0.05, 0.1) is 23.5 Å². The largest absolute Gasteiger partial charge is 0.490 e. The van der Waals surface area contributed by atoms with E-state index < -0.39 is 23.7 Å². The van der Waals surface area contributed by atoms with Crippen molar-refractivity contribution in [3.8, 4) is 17.3 Å². The molecule has 1 saturated carbocycles. The van der Waals surface area contributed by atoms with E-state index >= 15 is 0 Å². The highest BCUT2D eigenvalue weighted by molar-refractivity contribution is 5.86. The van der Waals surface area contributed by atoms with Crippen LogP contribution >= 0.6 is 0 Å². The van der Waals surface area contributed by atoms with Crippen molar-refractivity contribution in [2.24, 2.45) is 12.8 Å². The second kappa shape index (κ2) is 11.6. The van der Waals surface area contributed by atoms with Gasteiger partial charge in [-0.2, -0.15) is 18.4 Å². The Bertz CT molecular complexity index is 1130. The Morgan fingerprint density at radius 2 is 1.83 bits per heavy atom. The maximum atomic E-state index is 12.6. The molecule has 1 aliphatic rings. The first-order valence-electron chi connectivity index (χ1n) is 10.8. The lowest BCUT2D eigenvalue weighted by Crippen LogP contribution is -2.57. The molecule has 0 spiro atoms. The first-order valence-corrected chi connectivity index (χ1v) is 10.8. The van der Waals surface area contributed by atoms with Gasteiger partial charge in [-0.1, -0.05) is 43.5 Å². The molecule has 0 aliphatic heterocycles. The number of rotatable bonds is 5. The van der Waals surface area contributed by atoms with E-state index in [1.807, 2.05) is 24.3 Å². The Balaban J connectivity index is 0.000000540. The quantitative estimate of drug-likeness (QED) is 0.578. The Kier molecular flexibility index (Phi) is 9.13. The fourth-order valence-electron chi connectivity index (χ4n) is 3.53. The zero-order valence-corrected chi connectivity index (χ0v) is 19.0. The number of nitrogens with one attached hydrogen (secondary N) is 1. The van der Waals surface area contributed by atoms with Gasteiger partial charge in [0.1, 0.15) is 6.04 Å². The molecule has 1 heterocycles. The number of amides is 1. The molecule has 1 aliphatic carbocycles. The summed E-state index contributed by atoms with van der Waals surface area (Å²) in [5.41, 5.74) is 7.73. The molecule has 1 atom stereocenters. The van der Waals surface area contributed by atoms with Gasteiger partial charge in [0, 0.05) is 25.2 Å². The highest BCUT2D eigenvalue weighted by atomic mass is 19.4. The lowest BCUT2D eigenvalue weighted by atomic mass is 9.81. The van der Waals surface area contributed by atoms with E-state index in [1.54, 1.807) is 13.2 Å². The van der Waals surface area contributed by atoms with Gasteiger partial charge in [-0.05, 0) is 18.4 Å². The number of benzene rings is 1. The summed E-state index contributed by atoms with van der Waals surface area (Å²) >= 11 is 0. The average molecular weight is 493 g/mol. The molecule has 12 heteroatoms. The van der Waals surface area contributed by atoms with Crippen LogP contribution in [0, 0.1) is 11.3 Å². The van der Waals surface area contributed by atoms with Crippen molar-refractivity contribution in [2.75, 3.05) is 0 Å². The van der Waals surface area contributed by atoms with Crippen LogP contribution in [-0.2, 0) is 23.1 Å². The standard InChI is InChI=1S/C21H25N5O2.C2HF3O2/c1-26-14-18(24-13-19(26)27)16-7-5-15(6-8-16)11-17(12-22)25-20(28)21(23)9-3-2-4-10-21;3-2(4,5)1(6)7/h5-8,13-14,17H,2-4,9-11,23H2,1H3,(H,25,28);(H,6,7). The Morgan fingerprint density at radius 1 is 1.26 bits per heavy atom. The molecule has 1 aromatic heterocycles. The Hall–Kier alpha value is -3.72. The molecule has 9 nitrogen and oxygen atoms in total. The number of carbonyl (C=O) groups excluding carboxylic acids is 1. The van der Waals surface area contributed by atoms with Gasteiger partial charge < -0.3 is 20.7 Å². The first kappa shape index (κ1) is 27.5. The van der Waals surface area contributed by atoms with Crippen LogP contribution in [-0.4, -0.2) is 44.3 Å². The third-order valence-electron chi connectivity index (χ3n) is 5.57. The van der Waals surface area contributed by atoms with Gasteiger partial charge in [0.15, 0.2) is 0 Å². The number of hydrogen-bond acceptors (Lipinski definition) is 6. The summed E-state index contributed by atoms with van der Waals surface area (Å²) in [6.07, 6.45) is 2.61. The van der Waals surface area contributed by atoms with Crippen LogP contribution in [0.4, 0.5) is 13.2 Å². The average Bonchev–Trinajstić information content (AvgIpc) is 2.81. The van der Waals surface area contributed by atoms with Gasteiger partial charge >= 0.3 is 12.1 Å². The molecule has 0 saturated heterocycles. The highest BCUT2D eigenvalue weighted by Gasteiger charge is 2.38. The van der Waals surface area contributed by atoms with Crippen LogP contribution in [0.3, 0.4) is 0 Å². The number of nitrogens with two attached hydrogens (primary N) is 1. The number of nitrogens with zero attached hydrogens (tertiary/aromatic N) is 3. The molecule has 1 aromatic carbocycles. The van der Waals surface area contributed by atoms with Crippen LogP contribution in [0.2, 0.25) is 0 Å². The molecule has 0 bridgehead atoms. The van der Waals surface area contributed by atoms with Crippen LogP contribution in [0.5, 0.6) is 0 Å². The van der Waals surface area contributed by atoms with Crippen molar-refractivity contribution in [3.63, 3.8) is 0 Å². The third-order valence-corrected chi connectivity index (χ3v) is 5.57. The fraction of sp³-hybridized carbons (Fsp3) is 0.435. The number of aliphatic carboxylic acids is 1. The van der Waals surface area contributed by atoms with Crippen molar-refractivity contribution in [3.05, 3.63) is 52.6 Å². The molecule has 3 rings (SSSR count). The minimum Gasteiger partial charge on any atom is -0.475 e. The van der Waals surface area contributed by atoms with E-state index in [1.165, 1.54) is 10.8 Å². The molecule has 0 radical (unpaired) electrons. The topological polar surface area (TPSA) is 151 Å². The van der Waals surface area contributed by atoms with Crippen LogP contribution in [0.15, 0.2) is 41.5 Å². The van der Waals surface area contributed by atoms with Gasteiger partial charge in [0.2, 0.25) is 5.91 Å². The fourth-order valence-corrected chi connectivity index (χ4v) is 3.53. The van der Waals surface area contributed by atoms with E-state index in [2.05, 4.69) is 16.4 Å². The summed E-state index contributed by atoms with van der Waals surface area (Å²) in [6.45, 7) is 0. The second-order valence-corrected chi connectivity index (χ2v) is 8.30. The van der Waals surface area contributed by atoms with E-state index in [9.17, 15) is 28.0 Å². The number of carboxylic acid groups (broad SMARTS) is 1. The highest BCUT2D eigenvalue weighted by Crippen LogP contribution is 2.26. The van der Waals surface area contributed by atoms with Gasteiger partial charge in [-0.25, -0.2) is 9.78 Å². The van der Waals surface area contributed by atoms with E-state index in [-0.39, 0.29) is 11.5 Å². The lowest BCUT2D eigenvalue weighted by Gasteiger charge is -2.32. The van der Waals surface area contributed by atoms with Gasteiger partial charge in [0.25, 0.3) is 5.56 Å². The number of carbonyl (C=O) groups is 2. The van der Waals surface area contributed by atoms with Crippen molar-refractivity contribution in [2.45, 2.75) is 56.3 Å². The Morgan fingerprint density at radius 3 is 2.31 bits per heavy atom. The number of nitriles is 1.